The Morgan fingerprint density at radius 1 is 0.900 bits per heavy atom. The molecule has 4 rings (SSSR count). The summed E-state index contributed by atoms with van der Waals surface area (Å²) in [5, 5.41) is 5.46. The van der Waals surface area contributed by atoms with Gasteiger partial charge in [0.15, 0.2) is 5.13 Å². The molecular formula is C25H23N3OS. The maximum Gasteiger partial charge on any atom is 0.257 e. The van der Waals surface area contributed by atoms with E-state index in [-0.39, 0.29) is 5.91 Å². The number of carbonyl (C=O) groups is 1. The van der Waals surface area contributed by atoms with Gasteiger partial charge in [0.25, 0.3) is 5.91 Å². The van der Waals surface area contributed by atoms with Crippen molar-refractivity contribution < 1.29 is 4.79 Å². The number of benzene rings is 3. The van der Waals surface area contributed by atoms with Crippen molar-refractivity contribution in [2.75, 3.05) is 24.3 Å². The van der Waals surface area contributed by atoms with Crippen molar-refractivity contribution in [3.63, 3.8) is 0 Å². The topological polar surface area (TPSA) is 45.2 Å². The van der Waals surface area contributed by atoms with Crippen LogP contribution < -0.4 is 10.2 Å². The van der Waals surface area contributed by atoms with Gasteiger partial charge in [-0.1, -0.05) is 54.6 Å². The van der Waals surface area contributed by atoms with E-state index in [0.29, 0.717) is 10.7 Å². The van der Waals surface area contributed by atoms with Crippen molar-refractivity contribution in [3.8, 4) is 11.3 Å². The van der Waals surface area contributed by atoms with Crippen LogP contribution in [0.1, 0.15) is 21.5 Å². The number of rotatable bonds is 6. The number of hydrogen-bond acceptors (Lipinski definition) is 4. The summed E-state index contributed by atoms with van der Waals surface area (Å²) in [5.41, 5.74) is 6.13. The molecule has 5 heteroatoms. The summed E-state index contributed by atoms with van der Waals surface area (Å²) in [5.74, 6) is -0.153. The van der Waals surface area contributed by atoms with Crippen LogP contribution in [0.2, 0.25) is 0 Å². The van der Waals surface area contributed by atoms with E-state index in [0.717, 1.165) is 23.4 Å². The maximum absolute atomic E-state index is 12.5. The molecule has 30 heavy (non-hydrogen) atoms. The second-order valence-electron chi connectivity index (χ2n) is 7.29. The molecule has 0 aliphatic carbocycles. The third-order valence-electron chi connectivity index (χ3n) is 4.87. The molecule has 0 atom stereocenters. The van der Waals surface area contributed by atoms with Gasteiger partial charge in [0.05, 0.1) is 5.69 Å². The average Bonchev–Trinajstić information content (AvgIpc) is 3.23. The minimum Gasteiger partial charge on any atom is -0.378 e. The first-order valence-electron chi connectivity index (χ1n) is 9.76. The van der Waals surface area contributed by atoms with Crippen LogP contribution in [0.5, 0.6) is 0 Å². The molecule has 0 aliphatic rings. The predicted octanol–water partition coefficient (Wildman–Crippen LogP) is 5.72. The summed E-state index contributed by atoms with van der Waals surface area (Å²) in [6.45, 7) is 0. The number of carbonyl (C=O) groups excluding carboxylic acids is 1. The van der Waals surface area contributed by atoms with Gasteiger partial charge in [-0.2, -0.15) is 0 Å². The molecule has 4 nitrogen and oxygen atoms in total. The number of aromatic nitrogens is 1. The predicted molar refractivity (Wildman–Crippen MR) is 126 cm³/mol. The van der Waals surface area contributed by atoms with E-state index < -0.39 is 0 Å². The minimum absolute atomic E-state index is 0.153. The van der Waals surface area contributed by atoms with Crippen LogP contribution in [0.4, 0.5) is 10.8 Å². The van der Waals surface area contributed by atoms with Gasteiger partial charge >= 0.3 is 0 Å². The van der Waals surface area contributed by atoms with Crippen LogP contribution in [-0.4, -0.2) is 25.0 Å². The first kappa shape index (κ1) is 19.9. The zero-order valence-corrected chi connectivity index (χ0v) is 17.8. The lowest BCUT2D eigenvalue weighted by molar-refractivity contribution is 0.102. The molecule has 0 saturated heterocycles. The largest absolute Gasteiger partial charge is 0.378 e. The first-order valence-corrected chi connectivity index (χ1v) is 10.6. The molecule has 0 aliphatic heterocycles. The Morgan fingerprint density at radius 2 is 1.57 bits per heavy atom. The zero-order valence-electron chi connectivity index (χ0n) is 17.0. The zero-order chi connectivity index (χ0) is 20.9. The molecule has 0 spiro atoms. The Bertz CT molecular complexity index is 1120. The number of hydrogen-bond donors (Lipinski definition) is 1. The van der Waals surface area contributed by atoms with Gasteiger partial charge in [0, 0.05) is 36.3 Å². The number of nitrogens with one attached hydrogen (secondary N) is 1. The van der Waals surface area contributed by atoms with Crippen LogP contribution in [0.25, 0.3) is 11.3 Å². The Balaban J connectivity index is 1.41. The second-order valence-corrected chi connectivity index (χ2v) is 8.15. The monoisotopic (exact) mass is 413 g/mol. The highest BCUT2D eigenvalue weighted by atomic mass is 32.1. The summed E-state index contributed by atoms with van der Waals surface area (Å²) in [6, 6.07) is 26.4. The lowest BCUT2D eigenvalue weighted by Crippen LogP contribution is -2.13. The molecule has 0 unspecified atom stereocenters. The molecule has 3 aromatic carbocycles. The molecule has 0 radical (unpaired) electrons. The maximum atomic E-state index is 12.5. The van der Waals surface area contributed by atoms with Crippen molar-refractivity contribution in [1.82, 2.24) is 4.98 Å². The average molecular weight is 414 g/mol. The van der Waals surface area contributed by atoms with Gasteiger partial charge in [0.1, 0.15) is 0 Å². The molecule has 4 aromatic rings. The molecule has 0 fully saturated rings. The van der Waals surface area contributed by atoms with Crippen LogP contribution in [0.3, 0.4) is 0 Å². The van der Waals surface area contributed by atoms with Crippen LogP contribution in [0, 0.1) is 0 Å². The molecule has 0 saturated carbocycles. The Labute approximate surface area is 180 Å². The third kappa shape index (κ3) is 4.75. The lowest BCUT2D eigenvalue weighted by atomic mass is 10.0. The fourth-order valence-electron chi connectivity index (χ4n) is 3.17. The summed E-state index contributed by atoms with van der Waals surface area (Å²) >= 11 is 1.43. The fourth-order valence-corrected chi connectivity index (χ4v) is 3.88. The van der Waals surface area contributed by atoms with E-state index in [9.17, 15) is 4.79 Å². The molecule has 150 valence electrons. The van der Waals surface area contributed by atoms with Gasteiger partial charge in [-0.3, -0.25) is 10.1 Å². The molecule has 0 bridgehead atoms. The Hall–Kier alpha value is -3.44. The van der Waals surface area contributed by atoms with Gasteiger partial charge in [-0.05, 0) is 41.8 Å². The highest BCUT2D eigenvalue weighted by Crippen LogP contribution is 2.26. The first-order chi connectivity index (χ1) is 14.6. The van der Waals surface area contributed by atoms with Gasteiger partial charge in [0.2, 0.25) is 0 Å². The number of thiazole rings is 1. The van der Waals surface area contributed by atoms with E-state index in [1.807, 2.05) is 54.7 Å². The van der Waals surface area contributed by atoms with E-state index >= 15 is 0 Å². The normalized spacial score (nSPS) is 10.6. The Kier molecular flexibility index (Phi) is 5.91. The van der Waals surface area contributed by atoms with Gasteiger partial charge < -0.3 is 4.90 Å². The summed E-state index contributed by atoms with van der Waals surface area (Å²) < 4.78 is 0. The molecule has 1 aromatic heterocycles. The van der Waals surface area contributed by atoms with E-state index in [4.69, 9.17) is 0 Å². The van der Waals surface area contributed by atoms with Crippen molar-refractivity contribution in [2.24, 2.45) is 0 Å². The van der Waals surface area contributed by atoms with Gasteiger partial charge in [-0.25, -0.2) is 4.98 Å². The SMILES string of the molecule is CN(C)c1ccc(C(=O)Nc2nc(-c3ccc(Cc4ccccc4)cc3)cs2)cc1. The summed E-state index contributed by atoms with van der Waals surface area (Å²) in [7, 11) is 3.95. The molecule has 1 amide bonds. The van der Waals surface area contributed by atoms with E-state index in [1.54, 1.807) is 0 Å². The second kappa shape index (κ2) is 8.93. The lowest BCUT2D eigenvalue weighted by Gasteiger charge is -2.12. The third-order valence-corrected chi connectivity index (χ3v) is 5.63. The van der Waals surface area contributed by atoms with Crippen LogP contribution in [0.15, 0.2) is 84.2 Å². The van der Waals surface area contributed by atoms with E-state index in [1.165, 1.54) is 22.5 Å². The molecule has 1 N–H and O–H groups in total. The van der Waals surface area contributed by atoms with Crippen molar-refractivity contribution in [2.45, 2.75) is 6.42 Å². The smallest absolute Gasteiger partial charge is 0.257 e. The summed E-state index contributed by atoms with van der Waals surface area (Å²) in [6.07, 6.45) is 0.909. The highest BCUT2D eigenvalue weighted by molar-refractivity contribution is 7.14. The minimum atomic E-state index is -0.153. The van der Waals surface area contributed by atoms with Crippen molar-refractivity contribution >= 4 is 28.1 Å². The molecular weight excluding hydrogens is 390 g/mol. The van der Waals surface area contributed by atoms with E-state index in [2.05, 4.69) is 58.8 Å². The quantitative estimate of drug-likeness (QED) is 0.440. The van der Waals surface area contributed by atoms with Crippen molar-refractivity contribution in [1.29, 1.82) is 0 Å². The number of anilines is 2. The highest BCUT2D eigenvalue weighted by Gasteiger charge is 2.10. The fraction of sp³-hybridized carbons (Fsp3) is 0.120. The van der Waals surface area contributed by atoms with Crippen LogP contribution >= 0.6 is 11.3 Å². The number of nitrogens with zero attached hydrogens (tertiary/aromatic N) is 2. The summed E-state index contributed by atoms with van der Waals surface area (Å²) in [4.78, 5) is 19.1. The Morgan fingerprint density at radius 3 is 2.23 bits per heavy atom. The number of amides is 1. The molecule has 1 heterocycles. The van der Waals surface area contributed by atoms with Crippen LogP contribution in [-0.2, 0) is 6.42 Å². The standard InChI is InChI=1S/C25H23N3OS/c1-28(2)22-14-12-21(13-15-22)24(29)27-25-26-23(17-30-25)20-10-8-19(9-11-20)16-18-6-4-3-5-7-18/h3-15,17H,16H2,1-2H3,(H,26,27,29). The van der Waals surface area contributed by atoms with Crippen molar-refractivity contribution in [3.05, 3.63) is 101 Å². The van der Waals surface area contributed by atoms with Gasteiger partial charge in [-0.15, -0.1) is 11.3 Å².